The summed E-state index contributed by atoms with van der Waals surface area (Å²) in [6.07, 6.45) is 3.87. The Morgan fingerprint density at radius 3 is 2.62 bits per heavy atom. The highest BCUT2D eigenvalue weighted by Crippen LogP contribution is 2.40. The third kappa shape index (κ3) is 6.07. The largest absolute Gasteiger partial charge is 0.475 e. The fraction of sp³-hybridized carbons (Fsp3) is 0.529. The van der Waals surface area contributed by atoms with Gasteiger partial charge in [-0.3, -0.25) is 4.79 Å². The first-order valence-electron chi connectivity index (χ1n) is 15.9. The Bertz CT molecular complexity index is 1560. The molecule has 6 rings (SSSR count). The molecule has 1 aromatic carbocycles. The Labute approximate surface area is 264 Å². The smallest absolute Gasteiger partial charge is 0.282 e. The number of pyridine rings is 1. The van der Waals surface area contributed by atoms with Gasteiger partial charge in [-0.15, -0.1) is 0 Å². The number of nitriles is 2. The lowest BCUT2D eigenvalue weighted by Crippen LogP contribution is -2.55. The quantitative estimate of drug-likeness (QED) is 0.436. The summed E-state index contributed by atoms with van der Waals surface area (Å²) in [5.74, 6) is -1.49. The van der Waals surface area contributed by atoms with Crippen LogP contribution in [0.1, 0.15) is 47.2 Å². The molecule has 4 aliphatic heterocycles. The number of rotatable bonds is 7. The zero-order chi connectivity index (χ0) is 31.7. The van der Waals surface area contributed by atoms with Gasteiger partial charge >= 0.3 is 0 Å². The van der Waals surface area contributed by atoms with Gasteiger partial charge in [0.05, 0.1) is 36.5 Å². The SMILES string of the molecule is C=C(F)C(=O)N1CCN(c2c(C#N)c(OC[C@@H]3CCCN3C)nc3c2CCN(c2cccc4c2CCN(C)C4)C3)C[C@@H]1CC#N. The molecular formula is C34H41FN8O2. The summed E-state index contributed by atoms with van der Waals surface area (Å²) in [5, 5.41) is 20.1. The summed E-state index contributed by atoms with van der Waals surface area (Å²) in [5.41, 5.74) is 7.02. The summed E-state index contributed by atoms with van der Waals surface area (Å²) in [7, 11) is 4.25. The molecule has 0 radical (unpaired) electrons. The van der Waals surface area contributed by atoms with E-state index in [-0.39, 0.29) is 19.0 Å². The van der Waals surface area contributed by atoms with Crippen molar-refractivity contribution in [2.75, 3.05) is 69.8 Å². The minimum Gasteiger partial charge on any atom is -0.475 e. The van der Waals surface area contributed by atoms with Crippen LogP contribution in [0.2, 0.25) is 0 Å². The zero-order valence-corrected chi connectivity index (χ0v) is 26.3. The van der Waals surface area contributed by atoms with Gasteiger partial charge in [0.25, 0.3) is 5.91 Å². The Morgan fingerprint density at radius 1 is 1.07 bits per heavy atom. The number of carbonyl (C=O) groups excluding carboxylic acids is 1. The van der Waals surface area contributed by atoms with E-state index >= 15 is 0 Å². The summed E-state index contributed by atoms with van der Waals surface area (Å²) in [6, 6.07) is 10.8. The molecule has 2 aromatic rings. The van der Waals surface area contributed by atoms with Crippen LogP contribution < -0.4 is 14.5 Å². The lowest BCUT2D eigenvalue weighted by atomic mass is 9.94. The summed E-state index contributed by atoms with van der Waals surface area (Å²) in [6.45, 7) is 8.86. The number of aromatic nitrogens is 1. The summed E-state index contributed by atoms with van der Waals surface area (Å²) >= 11 is 0. The van der Waals surface area contributed by atoms with E-state index in [0.29, 0.717) is 44.1 Å². The highest BCUT2D eigenvalue weighted by Gasteiger charge is 2.36. The minimum absolute atomic E-state index is 0.0458. The number of hydrogen-bond acceptors (Lipinski definition) is 9. The lowest BCUT2D eigenvalue weighted by Gasteiger charge is -2.43. The van der Waals surface area contributed by atoms with E-state index in [9.17, 15) is 19.7 Å². The number of halogens is 1. The van der Waals surface area contributed by atoms with E-state index in [4.69, 9.17) is 9.72 Å². The van der Waals surface area contributed by atoms with Crippen molar-refractivity contribution in [3.05, 3.63) is 58.6 Å². The number of amides is 1. The van der Waals surface area contributed by atoms with Gasteiger partial charge in [-0.05, 0) is 63.5 Å². The third-order valence-corrected chi connectivity index (χ3v) is 9.88. The zero-order valence-electron chi connectivity index (χ0n) is 26.3. The van der Waals surface area contributed by atoms with Gasteiger partial charge < -0.3 is 29.2 Å². The Kier molecular flexibility index (Phi) is 8.93. The summed E-state index contributed by atoms with van der Waals surface area (Å²) < 4.78 is 20.3. The van der Waals surface area contributed by atoms with Crippen LogP contribution in [0, 0.1) is 22.7 Å². The van der Waals surface area contributed by atoms with E-state index in [1.54, 1.807) is 0 Å². The third-order valence-electron chi connectivity index (χ3n) is 9.88. The van der Waals surface area contributed by atoms with Crippen LogP contribution in [0.3, 0.4) is 0 Å². The number of anilines is 2. The molecule has 0 aliphatic carbocycles. The fourth-order valence-electron chi connectivity index (χ4n) is 7.45. The number of nitrogens with zero attached hydrogens (tertiary/aromatic N) is 8. The molecule has 11 heteroatoms. The molecule has 4 aliphatic rings. The van der Waals surface area contributed by atoms with Crippen LogP contribution in [-0.4, -0.2) is 97.6 Å². The van der Waals surface area contributed by atoms with Crippen LogP contribution in [0.5, 0.6) is 5.88 Å². The highest BCUT2D eigenvalue weighted by atomic mass is 19.1. The molecule has 0 saturated carbocycles. The van der Waals surface area contributed by atoms with Crippen LogP contribution >= 0.6 is 0 Å². The van der Waals surface area contributed by atoms with Gasteiger partial charge in [-0.25, -0.2) is 9.37 Å². The van der Waals surface area contributed by atoms with Crippen molar-refractivity contribution >= 4 is 17.3 Å². The van der Waals surface area contributed by atoms with Crippen molar-refractivity contribution in [1.82, 2.24) is 19.7 Å². The van der Waals surface area contributed by atoms with Gasteiger partial charge in [0.15, 0.2) is 5.83 Å². The first-order chi connectivity index (χ1) is 21.8. The number of fused-ring (bicyclic) bond motifs is 2. The molecule has 1 amide bonds. The average Bonchev–Trinajstić information content (AvgIpc) is 3.46. The average molecular weight is 613 g/mol. The highest BCUT2D eigenvalue weighted by molar-refractivity contribution is 5.91. The maximum Gasteiger partial charge on any atom is 0.282 e. The number of likely N-dealkylation sites (N-methyl/N-ethyl adjacent to an activating group) is 2. The molecule has 2 saturated heterocycles. The second-order valence-corrected chi connectivity index (χ2v) is 12.7. The van der Waals surface area contributed by atoms with Gasteiger partial charge in [0.1, 0.15) is 18.2 Å². The fourth-order valence-corrected chi connectivity index (χ4v) is 7.45. The second kappa shape index (κ2) is 13.0. The minimum atomic E-state index is -1.03. The van der Waals surface area contributed by atoms with Crippen LogP contribution in [0.15, 0.2) is 30.6 Å². The number of ether oxygens (including phenoxy) is 1. The van der Waals surface area contributed by atoms with Gasteiger partial charge in [0, 0.05) is 56.6 Å². The first kappa shape index (κ1) is 30.8. The van der Waals surface area contributed by atoms with Crippen molar-refractivity contribution in [2.24, 2.45) is 0 Å². The number of piperazine rings is 1. The van der Waals surface area contributed by atoms with Gasteiger partial charge in [-0.1, -0.05) is 18.7 Å². The van der Waals surface area contributed by atoms with Crippen molar-refractivity contribution < 1.29 is 13.9 Å². The molecule has 45 heavy (non-hydrogen) atoms. The van der Waals surface area contributed by atoms with E-state index in [1.807, 2.05) is 0 Å². The number of carbonyl (C=O) groups is 1. The Hall–Kier alpha value is -4.19. The lowest BCUT2D eigenvalue weighted by molar-refractivity contribution is -0.131. The molecule has 236 valence electrons. The monoisotopic (exact) mass is 612 g/mol. The Balaban J connectivity index is 1.37. The van der Waals surface area contributed by atoms with E-state index < -0.39 is 17.8 Å². The normalized spacial score (nSPS) is 21.9. The molecule has 0 bridgehead atoms. The predicted octanol–water partition coefficient (Wildman–Crippen LogP) is 3.39. The van der Waals surface area contributed by atoms with Gasteiger partial charge in [0.2, 0.25) is 5.88 Å². The molecule has 0 N–H and O–H groups in total. The number of likely N-dealkylation sites (tertiary alicyclic amines) is 1. The second-order valence-electron chi connectivity index (χ2n) is 12.7. The van der Waals surface area contributed by atoms with Crippen molar-refractivity contribution in [3.63, 3.8) is 0 Å². The van der Waals surface area contributed by atoms with E-state index in [2.05, 4.69) is 70.6 Å². The topological polar surface area (TPSA) is 103 Å². The molecule has 5 heterocycles. The molecule has 10 nitrogen and oxygen atoms in total. The molecule has 2 atom stereocenters. The van der Waals surface area contributed by atoms with Crippen molar-refractivity contribution in [1.29, 1.82) is 10.5 Å². The number of hydrogen-bond donors (Lipinski definition) is 0. The number of benzene rings is 1. The van der Waals surface area contributed by atoms with E-state index in [0.717, 1.165) is 62.4 Å². The van der Waals surface area contributed by atoms with Crippen molar-refractivity contribution in [3.8, 4) is 18.0 Å². The Morgan fingerprint density at radius 2 is 1.89 bits per heavy atom. The predicted molar refractivity (Wildman–Crippen MR) is 170 cm³/mol. The maximum absolute atomic E-state index is 13.9. The maximum atomic E-state index is 13.9. The summed E-state index contributed by atoms with van der Waals surface area (Å²) in [4.78, 5) is 28.1. The van der Waals surface area contributed by atoms with Crippen LogP contribution in [0.25, 0.3) is 0 Å². The van der Waals surface area contributed by atoms with Gasteiger partial charge in [-0.2, -0.15) is 10.5 Å². The van der Waals surface area contributed by atoms with Crippen LogP contribution in [0.4, 0.5) is 15.8 Å². The van der Waals surface area contributed by atoms with E-state index in [1.165, 1.54) is 21.7 Å². The van der Waals surface area contributed by atoms with Crippen molar-refractivity contribution in [2.45, 2.75) is 57.3 Å². The molecule has 0 spiro atoms. The molecule has 2 fully saturated rings. The molecule has 0 unspecified atom stereocenters. The molecule has 1 aromatic heterocycles. The first-order valence-corrected chi connectivity index (χ1v) is 15.9. The molecular weight excluding hydrogens is 571 g/mol. The van der Waals surface area contributed by atoms with Crippen LogP contribution in [-0.2, 0) is 30.7 Å². The standard InChI is InChI=1S/C34H41FN8O2/c1-23(35)34(44)43-17-16-42(20-25(43)9-12-36)32-28-11-15-41(31-8-4-6-24-19-39(2)14-10-27(24)31)21-30(28)38-33(29(32)18-37)45-22-26-7-5-13-40(26)3/h4,6,8,25-26H,1,5,7,9-11,13-17,19-22H2,2-3H3/t25-,26-/m0/s1.